The van der Waals surface area contributed by atoms with E-state index in [1.54, 1.807) is 24.5 Å². The number of thiophene rings is 2. The van der Waals surface area contributed by atoms with E-state index in [4.69, 9.17) is 0 Å². The number of hydrogen-bond acceptors (Lipinski definition) is 4. The van der Waals surface area contributed by atoms with Crippen molar-refractivity contribution < 1.29 is 9.59 Å². The summed E-state index contributed by atoms with van der Waals surface area (Å²) in [6.45, 7) is 0. The summed E-state index contributed by atoms with van der Waals surface area (Å²) < 4.78 is 0.913. The molecule has 4 nitrogen and oxygen atoms in total. The molecule has 1 aliphatic carbocycles. The fourth-order valence-electron chi connectivity index (χ4n) is 2.80. The largest absolute Gasteiger partial charge is 0.355 e. The van der Waals surface area contributed by atoms with E-state index in [-0.39, 0.29) is 11.8 Å². The molecule has 0 atom stereocenters. The van der Waals surface area contributed by atoms with Crippen LogP contribution in [-0.4, -0.2) is 18.9 Å². The van der Waals surface area contributed by atoms with Gasteiger partial charge in [0, 0.05) is 11.9 Å². The van der Waals surface area contributed by atoms with Crippen molar-refractivity contribution in [2.75, 3.05) is 12.4 Å². The lowest BCUT2D eigenvalue weighted by atomic mass is 10.0. The highest BCUT2D eigenvalue weighted by Gasteiger charge is 2.25. The number of nitrogens with one attached hydrogen (secondary N) is 2. The van der Waals surface area contributed by atoms with Crippen LogP contribution in [0.1, 0.15) is 49.7 Å². The van der Waals surface area contributed by atoms with Gasteiger partial charge in [0.2, 0.25) is 0 Å². The number of rotatable bonds is 3. The minimum Gasteiger partial charge on any atom is -0.355 e. The van der Waals surface area contributed by atoms with Gasteiger partial charge >= 0.3 is 0 Å². The maximum absolute atomic E-state index is 12.4. The number of halogens is 1. The van der Waals surface area contributed by atoms with E-state index in [0.717, 1.165) is 35.0 Å². The summed E-state index contributed by atoms with van der Waals surface area (Å²) in [6.07, 6.45) is 5.34. The second-order valence-electron chi connectivity index (χ2n) is 5.41. The van der Waals surface area contributed by atoms with Gasteiger partial charge in [-0.15, -0.1) is 22.7 Å². The molecule has 2 heterocycles. The second-order valence-corrected chi connectivity index (χ2v) is 8.97. The van der Waals surface area contributed by atoms with Gasteiger partial charge in [-0.2, -0.15) is 0 Å². The molecule has 1 aliphatic rings. The molecule has 2 amide bonds. The molecular formula is C16H17BrN2O2S2. The zero-order valence-electron chi connectivity index (χ0n) is 12.7. The van der Waals surface area contributed by atoms with E-state index in [1.165, 1.54) is 22.6 Å². The normalized spacial score (nSPS) is 14.0. The zero-order chi connectivity index (χ0) is 16.4. The maximum atomic E-state index is 12.4. The van der Waals surface area contributed by atoms with E-state index >= 15 is 0 Å². The van der Waals surface area contributed by atoms with Crippen LogP contribution in [0.5, 0.6) is 0 Å². The molecule has 0 fully saturated rings. The minimum absolute atomic E-state index is 0.118. The summed E-state index contributed by atoms with van der Waals surface area (Å²) in [5.41, 5.74) is 1.77. The van der Waals surface area contributed by atoms with Crippen LogP contribution in [0.25, 0.3) is 0 Å². The summed E-state index contributed by atoms with van der Waals surface area (Å²) in [7, 11) is 1.63. The molecule has 0 saturated carbocycles. The van der Waals surface area contributed by atoms with Crippen molar-refractivity contribution >= 4 is 55.4 Å². The van der Waals surface area contributed by atoms with Crippen molar-refractivity contribution in [2.24, 2.45) is 0 Å². The molecule has 23 heavy (non-hydrogen) atoms. The monoisotopic (exact) mass is 412 g/mol. The quantitative estimate of drug-likeness (QED) is 0.731. The second kappa shape index (κ2) is 7.15. The van der Waals surface area contributed by atoms with E-state index in [2.05, 4.69) is 26.6 Å². The maximum Gasteiger partial charge on any atom is 0.266 e. The topological polar surface area (TPSA) is 58.2 Å². The fourth-order valence-corrected chi connectivity index (χ4v) is 5.36. The average molecular weight is 413 g/mol. The Hall–Kier alpha value is -1.18. The third kappa shape index (κ3) is 3.51. The molecule has 2 aromatic rings. The summed E-state index contributed by atoms with van der Waals surface area (Å²) in [6, 6.07) is 3.63. The molecule has 0 aromatic carbocycles. The van der Waals surface area contributed by atoms with Crippen LogP contribution in [0.2, 0.25) is 0 Å². The van der Waals surface area contributed by atoms with Crippen molar-refractivity contribution in [3.63, 3.8) is 0 Å². The van der Waals surface area contributed by atoms with Crippen LogP contribution in [0.3, 0.4) is 0 Å². The van der Waals surface area contributed by atoms with Crippen LogP contribution >= 0.6 is 38.6 Å². The highest BCUT2D eigenvalue weighted by atomic mass is 79.9. The number of hydrogen-bond donors (Lipinski definition) is 2. The number of anilines is 1. The molecule has 0 spiro atoms. The zero-order valence-corrected chi connectivity index (χ0v) is 15.9. The Labute approximate surface area is 151 Å². The van der Waals surface area contributed by atoms with E-state index in [1.807, 2.05) is 6.07 Å². The molecule has 0 aliphatic heterocycles. The molecule has 2 N–H and O–H groups in total. The first-order valence-corrected chi connectivity index (χ1v) is 9.96. The highest BCUT2D eigenvalue weighted by molar-refractivity contribution is 9.11. The van der Waals surface area contributed by atoms with E-state index < -0.39 is 0 Å². The first kappa shape index (κ1) is 16.7. The summed E-state index contributed by atoms with van der Waals surface area (Å²) in [5.74, 6) is -0.283. The molecule has 2 aromatic heterocycles. The van der Waals surface area contributed by atoms with Gasteiger partial charge in [0.25, 0.3) is 11.8 Å². The molecule has 7 heteroatoms. The van der Waals surface area contributed by atoms with Crippen molar-refractivity contribution in [2.45, 2.75) is 32.1 Å². The Morgan fingerprint density at radius 1 is 1.09 bits per heavy atom. The fraction of sp³-hybridized carbons (Fsp3) is 0.375. The van der Waals surface area contributed by atoms with Gasteiger partial charge in [0.1, 0.15) is 5.00 Å². The van der Waals surface area contributed by atoms with Gasteiger partial charge < -0.3 is 10.6 Å². The number of carbonyl (C=O) groups excluding carboxylic acids is 2. The Balaban J connectivity index is 1.94. The molecule has 122 valence electrons. The van der Waals surface area contributed by atoms with Gasteiger partial charge in [-0.05, 0) is 59.3 Å². The van der Waals surface area contributed by atoms with Crippen LogP contribution in [0.15, 0.2) is 15.9 Å². The van der Waals surface area contributed by atoms with Gasteiger partial charge in [0.05, 0.1) is 14.2 Å². The smallest absolute Gasteiger partial charge is 0.266 e. The number of fused-ring (bicyclic) bond motifs is 1. The van der Waals surface area contributed by atoms with Crippen molar-refractivity contribution in [3.05, 3.63) is 36.8 Å². The minimum atomic E-state index is -0.165. The Bertz CT molecular complexity index is 751. The highest BCUT2D eigenvalue weighted by Crippen LogP contribution is 2.38. The third-order valence-electron chi connectivity index (χ3n) is 3.90. The Morgan fingerprint density at radius 2 is 1.87 bits per heavy atom. The molecule has 0 unspecified atom stereocenters. The lowest BCUT2D eigenvalue weighted by Gasteiger charge is -2.07. The lowest BCUT2D eigenvalue weighted by molar-refractivity contribution is 0.0963. The lowest BCUT2D eigenvalue weighted by Crippen LogP contribution is -2.21. The number of aryl methyl sites for hydroxylation is 1. The predicted octanol–water partition coefficient (Wildman–Crippen LogP) is 4.45. The molecule has 0 bridgehead atoms. The molecular weight excluding hydrogens is 396 g/mol. The van der Waals surface area contributed by atoms with Crippen LogP contribution in [0.4, 0.5) is 5.00 Å². The average Bonchev–Trinajstić information content (AvgIpc) is 3.03. The molecule has 0 radical (unpaired) electrons. The number of amides is 2. The Kier molecular flexibility index (Phi) is 5.18. The first-order valence-electron chi connectivity index (χ1n) is 7.53. The van der Waals surface area contributed by atoms with Crippen molar-refractivity contribution in [1.82, 2.24) is 5.32 Å². The van der Waals surface area contributed by atoms with E-state index in [0.29, 0.717) is 15.4 Å². The summed E-state index contributed by atoms with van der Waals surface area (Å²) in [4.78, 5) is 26.6. The van der Waals surface area contributed by atoms with Crippen LogP contribution in [-0.2, 0) is 12.8 Å². The summed E-state index contributed by atoms with van der Waals surface area (Å²) >= 11 is 6.30. The Morgan fingerprint density at radius 3 is 2.57 bits per heavy atom. The SMILES string of the molecule is CNC(=O)c1c(NC(=O)c2ccc(Br)s2)sc2c1CCCCC2. The summed E-state index contributed by atoms with van der Waals surface area (Å²) in [5, 5.41) is 6.32. The predicted molar refractivity (Wildman–Crippen MR) is 98.9 cm³/mol. The van der Waals surface area contributed by atoms with Crippen molar-refractivity contribution in [3.8, 4) is 0 Å². The third-order valence-corrected chi connectivity index (χ3v) is 6.73. The van der Waals surface area contributed by atoms with Gasteiger partial charge in [-0.3, -0.25) is 9.59 Å². The van der Waals surface area contributed by atoms with E-state index in [9.17, 15) is 9.59 Å². The van der Waals surface area contributed by atoms with Crippen LogP contribution in [0, 0.1) is 0 Å². The van der Waals surface area contributed by atoms with Gasteiger partial charge in [-0.1, -0.05) is 6.42 Å². The first-order chi connectivity index (χ1) is 11.1. The molecule has 3 rings (SSSR count). The molecule has 0 saturated heterocycles. The van der Waals surface area contributed by atoms with Gasteiger partial charge in [-0.25, -0.2) is 0 Å². The standard InChI is InChI=1S/C16H17BrN2O2S2/c1-18-15(21)13-9-5-3-2-4-6-10(9)23-16(13)19-14(20)11-7-8-12(17)22-11/h7-8H,2-6H2,1H3,(H,18,21)(H,19,20). The van der Waals surface area contributed by atoms with Crippen LogP contribution < -0.4 is 10.6 Å². The number of carbonyl (C=O) groups is 2. The van der Waals surface area contributed by atoms with Crippen molar-refractivity contribution in [1.29, 1.82) is 0 Å². The van der Waals surface area contributed by atoms with Gasteiger partial charge in [0.15, 0.2) is 0 Å².